The number of anilines is 1. The highest BCUT2D eigenvalue weighted by Crippen LogP contribution is 2.32. The van der Waals surface area contributed by atoms with Gasteiger partial charge in [0.05, 0.1) is 28.1 Å². The molecule has 0 bridgehead atoms. The second-order valence-corrected chi connectivity index (χ2v) is 7.89. The van der Waals surface area contributed by atoms with Crippen molar-refractivity contribution in [3.63, 3.8) is 0 Å². The van der Waals surface area contributed by atoms with Crippen molar-refractivity contribution in [3.05, 3.63) is 53.6 Å². The zero-order valence-corrected chi connectivity index (χ0v) is 17.1. The van der Waals surface area contributed by atoms with Gasteiger partial charge < -0.3 is 5.32 Å². The van der Waals surface area contributed by atoms with Gasteiger partial charge in [-0.3, -0.25) is 4.79 Å². The van der Waals surface area contributed by atoms with Crippen LogP contribution < -0.4 is 5.32 Å². The summed E-state index contributed by atoms with van der Waals surface area (Å²) in [6.07, 6.45) is -3.98. The number of nitrogens with zero attached hydrogens (tertiary/aromatic N) is 2. The van der Waals surface area contributed by atoms with E-state index >= 15 is 0 Å². The van der Waals surface area contributed by atoms with Crippen LogP contribution in [0.4, 0.5) is 23.2 Å². The number of carbonyl (C=O) groups is 1. The van der Waals surface area contributed by atoms with Crippen molar-refractivity contribution in [2.75, 3.05) is 11.1 Å². The molecular weight excluding hydrogens is 426 g/mol. The molecule has 1 aromatic carbocycles. The predicted octanol–water partition coefficient (Wildman–Crippen LogP) is 4.19. The molecule has 1 unspecified atom stereocenters. The van der Waals surface area contributed by atoms with E-state index in [1.54, 1.807) is 0 Å². The average molecular weight is 445 g/mol. The van der Waals surface area contributed by atoms with Crippen LogP contribution in [0.2, 0.25) is 0 Å². The first-order valence-electron chi connectivity index (χ1n) is 8.70. The summed E-state index contributed by atoms with van der Waals surface area (Å²) in [7, 11) is -3.92. The Kier molecular flexibility index (Phi) is 8.48. The van der Waals surface area contributed by atoms with Crippen molar-refractivity contribution < 1.29 is 30.8 Å². The summed E-state index contributed by atoms with van der Waals surface area (Å²) in [5, 5.41) is 10.9. The molecule has 0 aliphatic heterocycles. The van der Waals surface area contributed by atoms with Crippen LogP contribution in [0.3, 0.4) is 0 Å². The van der Waals surface area contributed by atoms with Gasteiger partial charge in [-0.15, -0.1) is 0 Å². The number of sulfone groups is 1. The van der Waals surface area contributed by atoms with Gasteiger partial charge in [0.1, 0.15) is 11.9 Å². The second kappa shape index (κ2) is 10.2. The van der Waals surface area contributed by atoms with Crippen LogP contribution in [0.1, 0.15) is 32.0 Å². The number of rotatable bonds is 5. The van der Waals surface area contributed by atoms with Crippen LogP contribution >= 0.6 is 0 Å². The normalized spacial score (nSPS) is 12.2. The maximum absolute atomic E-state index is 12.9. The molecule has 1 amide bonds. The Morgan fingerprint density at radius 2 is 1.80 bits per heavy atom. The number of halogens is 4. The summed E-state index contributed by atoms with van der Waals surface area (Å²) in [6, 6.07) is 5.87. The Balaban J connectivity index is 0.00000218. The van der Waals surface area contributed by atoms with Crippen LogP contribution in [0.25, 0.3) is 0 Å². The van der Waals surface area contributed by atoms with E-state index in [9.17, 15) is 30.8 Å². The van der Waals surface area contributed by atoms with Crippen LogP contribution in [0.5, 0.6) is 0 Å². The molecule has 0 saturated heterocycles. The Bertz CT molecular complexity index is 1030. The maximum Gasteiger partial charge on any atom is 0.419 e. The monoisotopic (exact) mass is 445 g/mol. The van der Waals surface area contributed by atoms with Gasteiger partial charge in [-0.1, -0.05) is 20.8 Å². The first-order chi connectivity index (χ1) is 13.9. The number of aromatic nitrogens is 1. The number of amides is 1. The summed E-state index contributed by atoms with van der Waals surface area (Å²) in [5.74, 6) is -3.25. The lowest BCUT2D eigenvalue weighted by molar-refractivity contribution is -0.138. The van der Waals surface area contributed by atoms with Crippen LogP contribution in [-0.4, -0.2) is 25.1 Å². The number of hydrogen-bond donors (Lipinski definition) is 1. The van der Waals surface area contributed by atoms with Gasteiger partial charge in [-0.25, -0.2) is 17.8 Å². The molecule has 1 atom stereocenters. The zero-order chi connectivity index (χ0) is 23.1. The van der Waals surface area contributed by atoms with E-state index in [0.29, 0.717) is 6.07 Å². The maximum atomic E-state index is 12.9. The van der Waals surface area contributed by atoms with Gasteiger partial charge in [0.15, 0.2) is 15.5 Å². The minimum Gasteiger partial charge on any atom is -0.324 e. The fourth-order valence-corrected chi connectivity index (χ4v) is 3.80. The van der Waals surface area contributed by atoms with Crippen molar-refractivity contribution in [1.29, 1.82) is 5.26 Å². The highest BCUT2D eigenvalue weighted by atomic mass is 32.2. The molecular formula is C19H19F4N3O3S. The van der Waals surface area contributed by atoms with Crippen LogP contribution in [0, 0.1) is 23.1 Å². The van der Waals surface area contributed by atoms with E-state index in [0.717, 1.165) is 30.5 Å². The van der Waals surface area contributed by atoms with Crippen molar-refractivity contribution in [3.8, 4) is 6.07 Å². The van der Waals surface area contributed by atoms with Crippen molar-refractivity contribution >= 4 is 21.4 Å². The standard InChI is InChI=1S/C17H13F4N3O3S.C2H6/c1-10(9-28(26,27)13-4-2-11(18)3-5-13)16(25)24-12-6-14(17(19,20)21)15(7-22)23-8-12;1-2/h2-6,8,10H,9H2,1H3,(H,24,25);1-2H3. The molecule has 1 N–H and O–H groups in total. The number of hydrogen-bond acceptors (Lipinski definition) is 5. The topological polar surface area (TPSA) is 99.9 Å². The van der Waals surface area contributed by atoms with Crippen molar-refractivity contribution in [2.45, 2.75) is 31.8 Å². The zero-order valence-electron chi connectivity index (χ0n) is 16.3. The third-order valence-corrected chi connectivity index (χ3v) is 5.59. The van der Waals surface area contributed by atoms with Crippen molar-refractivity contribution in [1.82, 2.24) is 4.98 Å². The molecule has 0 aliphatic rings. The summed E-state index contributed by atoms with van der Waals surface area (Å²) in [4.78, 5) is 15.4. The summed E-state index contributed by atoms with van der Waals surface area (Å²) in [6.45, 7) is 5.28. The molecule has 162 valence electrons. The van der Waals surface area contributed by atoms with Gasteiger partial charge >= 0.3 is 6.18 Å². The average Bonchev–Trinajstić information content (AvgIpc) is 2.68. The third kappa shape index (κ3) is 6.52. The highest BCUT2D eigenvalue weighted by Gasteiger charge is 2.35. The highest BCUT2D eigenvalue weighted by molar-refractivity contribution is 7.91. The third-order valence-electron chi connectivity index (χ3n) is 3.66. The molecule has 0 spiro atoms. The summed E-state index contributed by atoms with van der Waals surface area (Å²) >= 11 is 0. The Hall–Kier alpha value is -3.00. The lowest BCUT2D eigenvalue weighted by Crippen LogP contribution is -2.27. The van der Waals surface area contributed by atoms with Crippen LogP contribution in [-0.2, 0) is 20.8 Å². The number of pyridine rings is 1. The lowest BCUT2D eigenvalue weighted by atomic mass is 10.1. The fourth-order valence-electron chi connectivity index (χ4n) is 2.25. The molecule has 30 heavy (non-hydrogen) atoms. The smallest absolute Gasteiger partial charge is 0.324 e. The quantitative estimate of drug-likeness (QED) is 0.550. The summed E-state index contributed by atoms with van der Waals surface area (Å²) in [5.41, 5.74) is -2.50. The molecule has 11 heteroatoms. The molecule has 2 aromatic rings. The van der Waals surface area contributed by atoms with Gasteiger partial charge in [-0.2, -0.15) is 18.4 Å². The molecule has 1 heterocycles. The van der Waals surface area contributed by atoms with Gasteiger partial charge in [-0.05, 0) is 30.3 Å². The van der Waals surface area contributed by atoms with E-state index in [-0.39, 0.29) is 10.6 Å². The Morgan fingerprint density at radius 3 is 2.30 bits per heavy atom. The van der Waals surface area contributed by atoms with Crippen LogP contribution in [0.15, 0.2) is 41.4 Å². The molecule has 0 radical (unpaired) electrons. The van der Waals surface area contributed by atoms with E-state index in [2.05, 4.69) is 10.3 Å². The van der Waals surface area contributed by atoms with E-state index < -0.39 is 50.7 Å². The lowest BCUT2D eigenvalue weighted by Gasteiger charge is -2.14. The molecule has 0 saturated carbocycles. The fraction of sp³-hybridized carbons (Fsp3) is 0.316. The van der Waals surface area contributed by atoms with E-state index in [1.165, 1.54) is 13.0 Å². The van der Waals surface area contributed by atoms with E-state index in [4.69, 9.17) is 5.26 Å². The Morgan fingerprint density at radius 1 is 1.23 bits per heavy atom. The van der Waals surface area contributed by atoms with Gasteiger partial charge in [0.25, 0.3) is 0 Å². The molecule has 2 rings (SSSR count). The van der Waals surface area contributed by atoms with Gasteiger partial charge in [0, 0.05) is 5.92 Å². The summed E-state index contributed by atoms with van der Waals surface area (Å²) < 4.78 is 76.3. The number of nitriles is 1. The second-order valence-electron chi connectivity index (χ2n) is 5.86. The minimum atomic E-state index is -4.85. The first kappa shape index (κ1) is 25.0. The minimum absolute atomic E-state index is 0.187. The molecule has 6 nitrogen and oxygen atoms in total. The number of carbonyl (C=O) groups excluding carboxylic acids is 1. The SMILES string of the molecule is CC.CC(CS(=O)(=O)c1ccc(F)cc1)C(=O)Nc1cnc(C#N)c(C(F)(F)F)c1. The molecule has 0 fully saturated rings. The predicted molar refractivity (Wildman–Crippen MR) is 102 cm³/mol. The van der Waals surface area contributed by atoms with E-state index in [1.807, 2.05) is 13.8 Å². The van der Waals surface area contributed by atoms with Gasteiger partial charge in [0.2, 0.25) is 5.91 Å². The van der Waals surface area contributed by atoms with Crippen molar-refractivity contribution in [2.24, 2.45) is 5.92 Å². The number of alkyl halides is 3. The number of nitrogens with one attached hydrogen (secondary N) is 1. The Labute approximate surface area is 171 Å². The molecule has 0 aliphatic carbocycles. The first-order valence-corrected chi connectivity index (χ1v) is 10.4. The molecule has 1 aromatic heterocycles. The largest absolute Gasteiger partial charge is 0.419 e. The number of benzene rings is 1.